The number of amides is 1. The van der Waals surface area contributed by atoms with Gasteiger partial charge in [0.05, 0.1) is 17.8 Å². The first kappa shape index (κ1) is 17.3. The summed E-state index contributed by atoms with van der Waals surface area (Å²) in [7, 11) is 0. The molecule has 1 heterocycles. The minimum Gasteiger partial charge on any atom is -0.350 e. The molecule has 0 aliphatic carbocycles. The van der Waals surface area contributed by atoms with E-state index in [0.29, 0.717) is 11.3 Å². The Morgan fingerprint density at radius 1 is 0.964 bits per heavy atom. The molecule has 1 amide bonds. The van der Waals surface area contributed by atoms with E-state index < -0.39 is 0 Å². The lowest BCUT2D eigenvalue weighted by molar-refractivity contribution is 0.0951. The van der Waals surface area contributed by atoms with E-state index in [4.69, 9.17) is 5.26 Å². The Labute approximate surface area is 162 Å². The molecule has 0 aliphatic heterocycles. The fourth-order valence-electron chi connectivity index (χ4n) is 3.08. The van der Waals surface area contributed by atoms with Crippen LogP contribution in [0.2, 0.25) is 0 Å². The summed E-state index contributed by atoms with van der Waals surface area (Å²) in [5.74, 6) is -0.319. The van der Waals surface area contributed by atoms with E-state index in [1.807, 2.05) is 54.6 Å². The Bertz CT molecular complexity index is 1200. The first-order chi connectivity index (χ1) is 13.8. The van der Waals surface area contributed by atoms with Gasteiger partial charge in [-0.05, 0) is 29.3 Å². The van der Waals surface area contributed by atoms with Crippen molar-refractivity contribution in [1.29, 1.82) is 5.26 Å². The fourth-order valence-corrected chi connectivity index (χ4v) is 3.08. The van der Waals surface area contributed by atoms with Crippen LogP contribution in [0, 0.1) is 11.3 Å². The Morgan fingerprint density at radius 3 is 2.43 bits per heavy atom. The smallest absolute Gasteiger partial charge is 0.288 e. The molecule has 0 fully saturated rings. The highest BCUT2D eigenvalue weighted by Gasteiger charge is 2.18. The summed E-state index contributed by atoms with van der Waals surface area (Å²) < 4.78 is 0. The number of hydrogen-bond acceptors (Lipinski definition) is 3. The van der Waals surface area contributed by atoms with Crippen molar-refractivity contribution in [2.24, 2.45) is 5.10 Å². The molecule has 4 rings (SSSR count). The van der Waals surface area contributed by atoms with Gasteiger partial charge in [-0.15, -0.1) is 0 Å². The molecule has 0 saturated heterocycles. The van der Waals surface area contributed by atoms with Crippen molar-refractivity contribution in [3.8, 4) is 17.2 Å². The van der Waals surface area contributed by atoms with E-state index in [1.165, 1.54) is 0 Å². The second-order valence-electron chi connectivity index (χ2n) is 6.22. The van der Waals surface area contributed by atoms with Crippen molar-refractivity contribution in [1.82, 2.24) is 10.4 Å². The predicted molar refractivity (Wildman–Crippen MR) is 110 cm³/mol. The third kappa shape index (κ3) is 3.39. The molecule has 3 aromatic carbocycles. The lowest BCUT2D eigenvalue weighted by atomic mass is 10.0. The molecule has 5 heteroatoms. The molecule has 28 heavy (non-hydrogen) atoms. The third-order valence-electron chi connectivity index (χ3n) is 4.42. The summed E-state index contributed by atoms with van der Waals surface area (Å²) in [6, 6.07) is 26.6. The maximum atomic E-state index is 12.8. The van der Waals surface area contributed by atoms with E-state index >= 15 is 0 Å². The number of nitrogens with zero attached hydrogens (tertiary/aromatic N) is 2. The minimum atomic E-state index is -0.319. The SMILES string of the molecule is N#Cc1ccc(/C=N\NC(=O)c2[nH]c3ccccc3c2-c2ccccc2)cc1. The molecule has 2 N–H and O–H groups in total. The van der Waals surface area contributed by atoms with Crippen LogP contribution in [0.5, 0.6) is 0 Å². The number of para-hydroxylation sites is 1. The Morgan fingerprint density at radius 2 is 1.68 bits per heavy atom. The molecule has 0 spiro atoms. The standard InChI is InChI=1S/C23H16N4O/c24-14-16-10-12-17(13-11-16)15-25-27-23(28)22-21(18-6-2-1-3-7-18)19-8-4-5-9-20(19)26-22/h1-13,15,26H,(H,27,28)/b25-15-. The number of aromatic nitrogens is 1. The first-order valence-corrected chi connectivity index (χ1v) is 8.76. The average Bonchev–Trinajstić information content (AvgIpc) is 3.14. The van der Waals surface area contributed by atoms with E-state index in [9.17, 15) is 4.79 Å². The minimum absolute atomic E-state index is 0.319. The molecule has 134 valence electrons. The molecule has 0 saturated carbocycles. The van der Waals surface area contributed by atoms with Gasteiger partial charge in [0.2, 0.25) is 0 Å². The van der Waals surface area contributed by atoms with Gasteiger partial charge in [-0.1, -0.05) is 60.7 Å². The highest BCUT2D eigenvalue weighted by Crippen LogP contribution is 2.32. The summed E-state index contributed by atoms with van der Waals surface area (Å²) in [5, 5.41) is 13.9. The van der Waals surface area contributed by atoms with Gasteiger partial charge in [0.1, 0.15) is 5.69 Å². The van der Waals surface area contributed by atoms with Crippen LogP contribution < -0.4 is 5.43 Å². The quantitative estimate of drug-likeness (QED) is 0.414. The lowest BCUT2D eigenvalue weighted by Crippen LogP contribution is -2.18. The van der Waals surface area contributed by atoms with Gasteiger partial charge in [0.25, 0.3) is 5.91 Å². The normalized spacial score (nSPS) is 10.8. The molecule has 0 radical (unpaired) electrons. The van der Waals surface area contributed by atoms with Crippen LogP contribution in [0.1, 0.15) is 21.6 Å². The highest BCUT2D eigenvalue weighted by molar-refractivity contribution is 6.09. The Kier molecular flexibility index (Phi) is 4.68. The zero-order valence-electron chi connectivity index (χ0n) is 14.9. The maximum absolute atomic E-state index is 12.8. The van der Waals surface area contributed by atoms with Gasteiger partial charge in [0.15, 0.2) is 0 Å². The number of nitriles is 1. The molecular formula is C23H16N4O. The van der Waals surface area contributed by atoms with Gasteiger partial charge in [-0.3, -0.25) is 4.79 Å². The Balaban J connectivity index is 1.64. The second kappa shape index (κ2) is 7.60. The molecule has 0 atom stereocenters. The second-order valence-corrected chi connectivity index (χ2v) is 6.22. The molecule has 0 bridgehead atoms. The van der Waals surface area contributed by atoms with Crippen molar-refractivity contribution < 1.29 is 4.79 Å². The number of carbonyl (C=O) groups excluding carboxylic acids is 1. The van der Waals surface area contributed by atoms with E-state index in [2.05, 4.69) is 21.6 Å². The molecule has 0 unspecified atom stereocenters. The lowest BCUT2D eigenvalue weighted by Gasteiger charge is -2.04. The third-order valence-corrected chi connectivity index (χ3v) is 4.42. The zero-order valence-corrected chi connectivity index (χ0v) is 14.9. The average molecular weight is 364 g/mol. The van der Waals surface area contributed by atoms with Crippen LogP contribution in [0.15, 0.2) is 84.0 Å². The number of aromatic amines is 1. The molecular weight excluding hydrogens is 348 g/mol. The summed E-state index contributed by atoms with van der Waals surface area (Å²) in [5.41, 5.74) is 7.11. The monoisotopic (exact) mass is 364 g/mol. The topological polar surface area (TPSA) is 81.0 Å². The van der Waals surface area contributed by atoms with E-state index in [1.54, 1.807) is 30.5 Å². The number of hydrazone groups is 1. The van der Waals surface area contributed by atoms with Crippen molar-refractivity contribution in [3.05, 3.63) is 95.7 Å². The zero-order chi connectivity index (χ0) is 19.3. The van der Waals surface area contributed by atoms with Gasteiger partial charge < -0.3 is 4.98 Å². The van der Waals surface area contributed by atoms with Gasteiger partial charge in [-0.2, -0.15) is 10.4 Å². The largest absolute Gasteiger partial charge is 0.350 e. The summed E-state index contributed by atoms with van der Waals surface area (Å²) in [6.45, 7) is 0. The van der Waals surface area contributed by atoms with Crippen LogP contribution in [-0.4, -0.2) is 17.1 Å². The highest BCUT2D eigenvalue weighted by atomic mass is 16.2. The molecule has 5 nitrogen and oxygen atoms in total. The van der Waals surface area contributed by atoms with Crippen LogP contribution >= 0.6 is 0 Å². The van der Waals surface area contributed by atoms with Crippen molar-refractivity contribution in [2.45, 2.75) is 0 Å². The number of carbonyl (C=O) groups is 1. The van der Waals surface area contributed by atoms with E-state index in [-0.39, 0.29) is 5.91 Å². The van der Waals surface area contributed by atoms with Crippen LogP contribution in [0.3, 0.4) is 0 Å². The van der Waals surface area contributed by atoms with Gasteiger partial charge in [-0.25, -0.2) is 5.43 Å². The molecule has 0 aliphatic rings. The summed E-state index contributed by atoms with van der Waals surface area (Å²) >= 11 is 0. The number of H-pyrrole nitrogens is 1. The van der Waals surface area contributed by atoms with Crippen molar-refractivity contribution in [3.63, 3.8) is 0 Å². The van der Waals surface area contributed by atoms with E-state index in [0.717, 1.165) is 27.6 Å². The fraction of sp³-hybridized carbons (Fsp3) is 0. The van der Waals surface area contributed by atoms with Gasteiger partial charge in [0, 0.05) is 16.5 Å². The summed E-state index contributed by atoms with van der Waals surface area (Å²) in [6.07, 6.45) is 1.55. The van der Waals surface area contributed by atoms with Crippen LogP contribution in [0.25, 0.3) is 22.0 Å². The predicted octanol–water partition coefficient (Wildman–Crippen LogP) is 4.47. The molecule has 1 aromatic heterocycles. The van der Waals surface area contributed by atoms with Gasteiger partial charge >= 0.3 is 0 Å². The number of fused-ring (bicyclic) bond motifs is 1. The number of nitrogens with one attached hydrogen (secondary N) is 2. The Hall–Kier alpha value is -4.17. The summed E-state index contributed by atoms with van der Waals surface area (Å²) in [4.78, 5) is 16.0. The number of rotatable bonds is 4. The maximum Gasteiger partial charge on any atom is 0.288 e. The number of benzene rings is 3. The first-order valence-electron chi connectivity index (χ1n) is 8.76. The van der Waals surface area contributed by atoms with Crippen molar-refractivity contribution in [2.75, 3.05) is 0 Å². The number of hydrogen-bond donors (Lipinski definition) is 2. The van der Waals surface area contributed by atoms with Crippen LogP contribution in [0.4, 0.5) is 0 Å². The molecule has 4 aromatic rings. The van der Waals surface area contributed by atoms with Crippen LogP contribution in [-0.2, 0) is 0 Å². The van der Waals surface area contributed by atoms with Crippen molar-refractivity contribution >= 4 is 23.0 Å².